The molecule has 1 heterocycles. The third-order valence-electron chi connectivity index (χ3n) is 5.76. The lowest BCUT2D eigenvalue weighted by Crippen LogP contribution is -2.34. The van der Waals surface area contributed by atoms with Gasteiger partial charge in [0.05, 0.1) is 40.1 Å². The smallest absolute Gasteiger partial charge is 0.308 e. The van der Waals surface area contributed by atoms with Crippen LogP contribution in [0.5, 0.6) is 0 Å². The number of rotatable bonds is 8. The van der Waals surface area contributed by atoms with Crippen molar-refractivity contribution in [2.75, 3.05) is 0 Å². The van der Waals surface area contributed by atoms with Crippen molar-refractivity contribution in [3.8, 4) is 0 Å². The van der Waals surface area contributed by atoms with Crippen molar-refractivity contribution in [3.05, 3.63) is 98.7 Å². The van der Waals surface area contributed by atoms with Crippen molar-refractivity contribution < 1.29 is 19.2 Å². The number of pyridine rings is 1. The van der Waals surface area contributed by atoms with Gasteiger partial charge in [-0.15, -0.1) is 0 Å². The lowest BCUT2D eigenvalue weighted by Gasteiger charge is -2.21. The van der Waals surface area contributed by atoms with Gasteiger partial charge in [-0.2, -0.15) is 0 Å². The maximum absolute atomic E-state index is 13.3. The first-order valence-corrected chi connectivity index (χ1v) is 11.5. The minimum Gasteiger partial charge on any atom is -0.463 e. The summed E-state index contributed by atoms with van der Waals surface area (Å²) in [4.78, 5) is 49.8. The lowest BCUT2D eigenvalue weighted by molar-refractivity contribution is -0.385. The van der Waals surface area contributed by atoms with Gasteiger partial charge < -0.3 is 14.6 Å². The number of para-hydroxylation sites is 3. The summed E-state index contributed by atoms with van der Waals surface area (Å²) in [5.41, 5.74) is 1.02. The zero-order valence-electron chi connectivity index (χ0n) is 19.8. The summed E-state index contributed by atoms with van der Waals surface area (Å²) < 4.78 is 6.96. The molecule has 9 heteroatoms. The quantitative estimate of drug-likeness (QED) is 0.172. The van der Waals surface area contributed by atoms with Gasteiger partial charge in [0.15, 0.2) is 5.43 Å². The molecule has 1 N–H and O–H groups in total. The van der Waals surface area contributed by atoms with Crippen LogP contribution in [0.3, 0.4) is 0 Å². The predicted molar refractivity (Wildman–Crippen MR) is 136 cm³/mol. The van der Waals surface area contributed by atoms with Crippen LogP contribution in [0.2, 0.25) is 0 Å². The summed E-state index contributed by atoms with van der Waals surface area (Å²) in [5.74, 6) is -1.07. The molecule has 3 aromatic carbocycles. The maximum atomic E-state index is 13.3. The number of benzene rings is 3. The Morgan fingerprint density at radius 1 is 0.944 bits per heavy atom. The highest BCUT2D eigenvalue weighted by atomic mass is 16.6. The van der Waals surface area contributed by atoms with Crippen molar-refractivity contribution in [3.63, 3.8) is 0 Å². The molecule has 0 aliphatic rings. The number of amides is 1. The molecule has 0 saturated heterocycles. The molecule has 1 aromatic heterocycles. The number of nitro benzene ring substituents is 1. The van der Waals surface area contributed by atoms with Gasteiger partial charge in [-0.1, -0.05) is 42.5 Å². The van der Waals surface area contributed by atoms with Gasteiger partial charge in [-0.05, 0) is 38.1 Å². The summed E-state index contributed by atoms with van der Waals surface area (Å²) >= 11 is 0. The first-order valence-electron chi connectivity index (χ1n) is 11.5. The van der Waals surface area contributed by atoms with Crippen molar-refractivity contribution in [2.24, 2.45) is 0 Å². The molecular formula is C27H25N3O6. The van der Waals surface area contributed by atoms with Crippen LogP contribution in [0.25, 0.3) is 21.8 Å². The highest BCUT2D eigenvalue weighted by Gasteiger charge is 2.27. The monoisotopic (exact) mass is 487 g/mol. The molecule has 0 spiro atoms. The summed E-state index contributed by atoms with van der Waals surface area (Å²) in [6.45, 7) is 3.23. The van der Waals surface area contributed by atoms with E-state index in [0.717, 1.165) is 0 Å². The number of hydrogen-bond acceptors (Lipinski definition) is 6. The highest BCUT2D eigenvalue weighted by molar-refractivity contribution is 5.95. The molecule has 4 aromatic rings. The Morgan fingerprint density at radius 3 is 2.08 bits per heavy atom. The molecule has 9 nitrogen and oxygen atoms in total. The summed E-state index contributed by atoms with van der Waals surface area (Å²) in [6, 6.07) is 19.0. The normalized spacial score (nSPS) is 12.0. The van der Waals surface area contributed by atoms with E-state index in [2.05, 4.69) is 5.32 Å². The number of ether oxygens (including phenoxy) is 1. The van der Waals surface area contributed by atoms with Crippen LogP contribution in [0, 0.1) is 10.1 Å². The van der Waals surface area contributed by atoms with Crippen molar-refractivity contribution in [2.45, 2.75) is 39.0 Å². The van der Waals surface area contributed by atoms with Crippen LogP contribution < -0.4 is 10.7 Å². The second-order valence-corrected chi connectivity index (χ2v) is 8.63. The zero-order chi connectivity index (χ0) is 25.8. The van der Waals surface area contributed by atoms with Crippen LogP contribution in [0.4, 0.5) is 5.69 Å². The van der Waals surface area contributed by atoms with Crippen molar-refractivity contribution in [1.29, 1.82) is 0 Å². The van der Waals surface area contributed by atoms with Crippen LogP contribution in [0.1, 0.15) is 31.9 Å². The second-order valence-electron chi connectivity index (χ2n) is 8.63. The number of esters is 1. The molecule has 0 radical (unpaired) electrons. The third kappa shape index (κ3) is 5.10. The van der Waals surface area contributed by atoms with Crippen LogP contribution >= 0.6 is 0 Å². The molecule has 0 aliphatic heterocycles. The molecule has 1 unspecified atom stereocenters. The van der Waals surface area contributed by atoms with Gasteiger partial charge in [-0.3, -0.25) is 24.5 Å². The SMILES string of the molecule is CC(C)OC(=O)CC(NC(=O)Cn1c2ccccc2c(=O)c2ccccc21)c1ccccc1[N+](=O)[O-]. The number of nitrogens with zero attached hydrogens (tertiary/aromatic N) is 2. The standard InChI is InChI=1S/C27H25N3O6/c1-17(2)36-26(32)15-21(18-9-3-8-14-24(18)30(34)35)28-25(31)16-29-22-12-6-4-10-19(22)27(33)20-11-5-7-13-23(20)29/h3-14,17,21H,15-16H2,1-2H3,(H,28,31). The number of hydrogen-bond donors (Lipinski definition) is 1. The van der Waals surface area contributed by atoms with E-state index in [-0.39, 0.29) is 35.7 Å². The van der Waals surface area contributed by atoms with Crippen LogP contribution in [0.15, 0.2) is 77.6 Å². The van der Waals surface area contributed by atoms with Crippen molar-refractivity contribution >= 4 is 39.4 Å². The number of fused-ring (bicyclic) bond motifs is 2. The number of carbonyl (C=O) groups excluding carboxylic acids is 2. The zero-order valence-corrected chi connectivity index (χ0v) is 19.8. The number of aromatic nitrogens is 1. The number of nitro groups is 1. The average Bonchev–Trinajstić information content (AvgIpc) is 2.85. The first kappa shape index (κ1) is 24.6. The predicted octanol–water partition coefficient (Wildman–Crippen LogP) is 4.26. The Hall–Kier alpha value is -4.53. The minimum absolute atomic E-state index is 0.132. The number of nitrogens with one attached hydrogen (secondary N) is 1. The van der Waals surface area contributed by atoms with Gasteiger partial charge in [0, 0.05) is 16.8 Å². The molecule has 1 amide bonds. The third-order valence-corrected chi connectivity index (χ3v) is 5.76. The average molecular weight is 488 g/mol. The largest absolute Gasteiger partial charge is 0.463 e. The molecule has 1 atom stereocenters. The Kier molecular flexibility index (Phi) is 7.10. The second kappa shape index (κ2) is 10.4. The molecule has 0 fully saturated rings. The van der Waals surface area contributed by atoms with Gasteiger partial charge >= 0.3 is 5.97 Å². The fourth-order valence-corrected chi connectivity index (χ4v) is 4.30. The van der Waals surface area contributed by atoms with E-state index in [0.29, 0.717) is 21.8 Å². The summed E-state index contributed by atoms with van der Waals surface area (Å²) in [5, 5.41) is 15.4. The van der Waals surface area contributed by atoms with Crippen molar-refractivity contribution in [1.82, 2.24) is 9.88 Å². The Morgan fingerprint density at radius 2 is 1.50 bits per heavy atom. The number of carbonyl (C=O) groups is 2. The first-order chi connectivity index (χ1) is 17.3. The topological polar surface area (TPSA) is 121 Å². The van der Waals surface area contributed by atoms with Gasteiger partial charge in [0.1, 0.15) is 6.54 Å². The molecule has 184 valence electrons. The van der Waals surface area contributed by atoms with Gasteiger partial charge in [-0.25, -0.2) is 0 Å². The molecule has 4 rings (SSSR count). The minimum atomic E-state index is -0.984. The van der Waals surface area contributed by atoms with E-state index in [1.165, 1.54) is 18.2 Å². The Balaban J connectivity index is 1.72. The Labute approximate surface area is 206 Å². The van der Waals surface area contributed by atoms with Gasteiger partial charge in [0.2, 0.25) is 5.91 Å². The van der Waals surface area contributed by atoms with E-state index >= 15 is 0 Å². The molecule has 0 bridgehead atoms. The molecule has 0 saturated carbocycles. The van der Waals surface area contributed by atoms with E-state index in [1.807, 2.05) is 0 Å². The fourth-order valence-electron chi connectivity index (χ4n) is 4.30. The van der Waals surface area contributed by atoms with Gasteiger partial charge in [0.25, 0.3) is 5.69 Å². The van der Waals surface area contributed by atoms with E-state index < -0.39 is 22.8 Å². The molecule has 36 heavy (non-hydrogen) atoms. The summed E-state index contributed by atoms with van der Waals surface area (Å²) in [6.07, 6.45) is -0.654. The van der Waals surface area contributed by atoms with Crippen LogP contribution in [-0.2, 0) is 20.9 Å². The highest BCUT2D eigenvalue weighted by Crippen LogP contribution is 2.28. The maximum Gasteiger partial charge on any atom is 0.308 e. The Bertz CT molecular complexity index is 1470. The van der Waals surface area contributed by atoms with E-state index in [4.69, 9.17) is 4.74 Å². The summed E-state index contributed by atoms with van der Waals surface area (Å²) in [7, 11) is 0. The fraction of sp³-hybridized carbons (Fsp3) is 0.222. The molecular weight excluding hydrogens is 462 g/mol. The van der Waals surface area contributed by atoms with E-state index in [9.17, 15) is 24.5 Å². The van der Waals surface area contributed by atoms with Crippen LogP contribution in [-0.4, -0.2) is 27.5 Å². The lowest BCUT2D eigenvalue weighted by atomic mass is 10.0. The van der Waals surface area contributed by atoms with E-state index in [1.54, 1.807) is 73.0 Å². The molecule has 0 aliphatic carbocycles.